The first-order valence-corrected chi connectivity index (χ1v) is 7.49. The maximum atomic E-state index is 12.2. The van der Waals surface area contributed by atoms with Crippen molar-refractivity contribution in [3.8, 4) is 5.75 Å². The first-order valence-electron chi connectivity index (χ1n) is 6.67. The van der Waals surface area contributed by atoms with Gasteiger partial charge in [-0.25, -0.2) is 0 Å². The molecule has 2 aromatic carbocycles. The number of alkyl halides is 3. The van der Waals surface area contributed by atoms with E-state index >= 15 is 0 Å². The van der Waals surface area contributed by atoms with Gasteiger partial charge in [-0.3, -0.25) is 0 Å². The van der Waals surface area contributed by atoms with Crippen molar-refractivity contribution in [2.45, 2.75) is 23.6 Å². The summed E-state index contributed by atoms with van der Waals surface area (Å²) < 4.78 is 42.3. The molecule has 118 valence electrons. The van der Waals surface area contributed by atoms with E-state index in [0.29, 0.717) is 6.61 Å². The molecule has 22 heavy (non-hydrogen) atoms. The van der Waals surface area contributed by atoms with E-state index in [4.69, 9.17) is 4.74 Å². The van der Waals surface area contributed by atoms with Crippen LogP contribution in [0.25, 0.3) is 0 Å². The van der Waals surface area contributed by atoms with Crippen molar-refractivity contribution in [3.63, 3.8) is 0 Å². The predicted molar refractivity (Wildman–Crippen MR) is 81.9 cm³/mol. The van der Waals surface area contributed by atoms with Crippen LogP contribution in [0.15, 0.2) is 53.4 Å². The molecule has 0 aromatic heterocycles. The Balaban J connectivity index is 1.88. The lowest BCUT2D eigenvalue weighted by molar-refractivity contribution is -0.0328. The summed E-state index contributed by atoms with van der Waals surface area (Å²) >= 11 is -0.117. The van der Waals surface area contributed by atoms with E-state index in [0.717, 1.165) is 23.4 Å². The zero-order valence-electron chi connectivity index (χ0n) is 12.0. The molecule has 0 unspecified atom stereocenters. The van der Waals surface area contributed by atoms with Gasteiger partial charge in [-0.2, -0.15) is 13.2 Å². The lowest BCUT2D eigenvalue weighted by atomic mass is 10.2. The number of thioether (sulfide) groups is 1. The molecule has 0 radical (unpaired) electrons. The summed E-state index contributed by atoms with van der Waals surface area (Å²) in [5.41, 5.74) is -2.28. The van der Waals surface area contributed by atoms with Gasteiger partial charge < -0.3 is 10.1 Å². The van der Waals surface area contributed by atoms with Crippen LogP contribution in [-0.2, 0) is 13.2 Å². The summed E-state index contributed by atoms with van der Waals surface area (Å²) in [6.45, 7) is 1.11. The normalized spacial score (nSPS) is 11.5. The fourth-order valence-corrected chi connectivity index (χ4v) is 2.40. The molecule has 6 heteroatoms. The first kappa shape index (κ1) is 16.7. The van der Waals surface area contributed by atoms with Crippen LogP contribution in [0.2, 0.25) is 0 Å². The molecule has 0 fully saturated rings. The summed E-state index contributed by atoms with van der Waals surface area (Å²) in [5, 5.41) is 3.06. The van der Waals surface area contributed by atoms with Crippen LogP contribution in [-0.4, -0.2) is 12.6 Å². The monoisotopic (exact) mass is 327 g/mol. The van der Waals surface area contributed by atoms with Gasteiger partial charge in [0.1, 0.15) is 12.4 Å². The second-order valence-electron chi connectivity index (χ2n) is 4.65. The highest BCUT2D eigenvalue weighted by atomic mass is 32.2. The fourth-order valence-electron chi connectivity index (χ4n) is 1.86. The molecule has 0 aliphatic carbocycles. The van der Waals surface area contributed by atoms with Gasteiger partial charge in [0, 0.05) is 11.4 Å². The SMILES string of the molecule is CNCc1ccc(OCc2ccc(SC(F)(F)F)cc2)cc1. The number of benzene rings is 2. The van der Waals surface area contributed by atoms with Gasteiger partial charge in [0.25, 0.3) is 0 Å². The van der Waals surface area contributed by atoms with E-state index in [1.165, 1.54) is 12.1 Å². The fraction of sp³-hybridized carbons (Fsp3) is 0.250. The van der Waals surface area contributed by atoms with E-state index < -0.39 is 5.51 Å². The molecule has 0 bridgehead atoms. The Labute approximate surface area is 131 Å². The maximum Gasteiger partial charge on any atom is 0.446 e. The van der Waals surface area contributed by atoms with E-state index in [-0.39, 0.29) is 16.7 Å². The van der Waals surface area contributed by atoms with Gasteiger partial charge in [0.05, 0.1) is 0 Å². The van der Waals surface area contributed by atoms with Crippen LogP contribution >= 0.6 is 11.8 Å². The standard InChI is InChI=1S/C16H16F3NOS/c1-20-10-12-2-6-14(7-3-12)21-11-13-4-8-15(9-5-13)22-16(17,18)19/h2-9,20H,10-11H2,1H3. The molecule has 2 aromatic rings. The minimum absolute atomic E-state index is 0.117. The smallest absolute Gasteiger partial charge is 0.446 e. The van der Waals surface area contributed by atoms with Crippen LogP contribution in [0.5, 0.6) is 5.75 Å². The highest BCUT2D eigenvalue weighted by Crippen LogP contribution is 2.36. The molecule has 0 saturated heterocycles. The average molecular weight is 327 g/mol. The first-order chi connectivity index (χ1) is 10.5. The van der Waals surface area contributed by atoms with Crippen molar-refractivity contribution >= 4 is 11.8 Å². The van der Waals surface area contributed by atoms with E-state index in [1.54, 1.807) is 12.1 Å². The third kappa shape index (κ3) is 5.61. The van der Waals surface area contributed by atoms with E-state index in [1.807, 2.05) is 31.3 Å². The third-order valence-electron chi connectivity index (χ3n) is 2.87. The molecule has 0 spiro atoms. The van der Waals surface area contributed by atoms with Gasteiger partial charge >= 0.3 is 5.51 Å². The van der Waals surface area contributed by atoms with E-state index in [9.17, 15) is 13.2 Å². The van der Waals surface area contributed by atoms with Gasteiger partial charge in [0.2, 0.25) is 0 Å². The zero-order chi connectivity index (χ0) is 16.0. The summed E-state index contributed by atoms with van der Waals surface area (Å²) in [6.07, 6.45) is 0. The molecule has 0 amide bonds. The van der Waals surface area contributed by atoms with Crippen LogP contribution < -0.4 is 10.1 Å². The average Bonchev–Trinajstić information content (AvgIpc) is 2.47. The molecule has 0 heterocycles. The van der Waals surface area contributed by atoms with Crippen molar-refractivity contribution < 1.29 is 17.9 Å². The molecular formula is C16H16F3NOS. The Hall–Kier alpha value is -1.66. The van der Waals surface area contributed by atoms with Crippen LogP contribution in [0, 0.1) is 0 Å². The van der Waals surface area contributed by atoms with Crippen molar-refractivity contribution in [1.29, 1.82) is 0 Å². The summed E-state index contributed by atoms with van der Waals surface area (Å²) in [5.74, 6) is 0.730. The molecule has 2 nitrogen and oxygen atoms in total. The van der Waals surface area contributed by atoms with Crippen molar-refractivity contribution in [2.75, 3.05) is 7.05 Å². The number of nitrogens with one attached hydrogen (secondary N) is 1. The minimum Gasteiger partial charge on any atom is -0.489 e. The molecular weight excluding hydrogens is 311 g/mol. The Bertz CT molecular complexity index is 582. The quantitative estimate of drug-likeness (QED) is 0.784. The second kappa shape index (κ2) is 7.56. The lowest BCUT2D eigenvalue weighted by Gasteiger charge is -2.09. The molecule has 0 aliphatic heterocycles. The predicted octanol–water partition coefficient (Wildman–Crippen LogP) is 4.60. The minimum atomic E-state index is -4.26. The molecule has 2 rings (SSSR count). The Kier molecular flexibility index (Phi) is 5.74. The van der Waals surface area contributed by atoms with Gasteiger partial charge in [0.15, 0.2) is 0 Å². The zero-order valence-corrected chi connectivity index (χ0v) is 12.8. The highest BCUT2D eigenvalue weighted by Gasteiger charge is 2.28. The third-order valence-corrected chi connectivity index (χ3v) is 3.61. The highest BCUT2D eigenvalue weighted by molar-refractivity contribution is 8.00. The van der Waals surface area contributed by atoms with Gasteiger partial charge in [-0.1, -0.05) is 24.3 Å². The van der Waals surface area contributed by atoms with Crippen molar-refractivity contribution in [3.05, 3.63) is 59.7 Å². The van der Waals surface area contributed by atoms with Gasteiger partial charge in [-0.15, -0.1) is 0 Å². The number of hydrogen-bond donors (Lipinski definition) is 1. The molecule has 0 atom stereocenters. The summed E-state index contributed by atoms with van der Waals surface area (Å²) in [7, 11) is 1.88. The lowest BCUT2D eigenvalue weighted by Crippen LogP contribution is -2.04. The van der Waals surface area contributed by atoms with Gasteiger partial charge in [-0.05, 0) is 54.2 Å². The Morgan fingerprint density at radius 2 is 1.55 bits per heavy atom. The van der Waals surface area contributed by atoms with Crippen molar-refractivity contribution in [1.82, 2.24) is 5.32 Å². The Morgan fingerprint density at radius 3 is 2.09 bits per heavy atom. The Morgan fingerprint density at radius 1 is 0.955 bits per heavy atom. The van der Waals surface area contributed by atoms with Crippen LogP contribution in [0.3, 0.4) is 0 Å². The largest absolute Gasteiger partial charge is 0.489 e. The van der Waals surface area contributed by atoms with Crippen LogP contribution in [0.4, 0.5) is 13.2 Å². The van der Waals surface area contributed by atoms with Crippen molar-refractivity contribution in [2.24, 2.45) is 0 Å². The summed E-state index contributed by atoms with van der Waals surface area (Å²) in [4.78, 5) is 0.174. The molecule has 0 aliphatic rings. The maximum absolute atomic E-state index is 12.2. The number of hydrogen-bond acceptors (Lipinski definition) is 3. The molecule has 1 N–H and O–H groups in total. The van der Waals surface area contributed by atoms with Crippen LogP contribution in [0.1, 0.15) is 11.1 Å². The number of rotatable bonds is 6. The molecule has 0 saturated carbocycles. The topological polar surface area (TPSA) is 21.3 Å². The summed E-state index contributed by atoms with van der Waals surface area (Å²) in [6, 6.07) is 13.9. The number of halogens is 3. The second-order valence-corrected chi connectivity index (χ2v) is 5.79. The number of ether oxygens (including phenoxy) is 1. The van der Waals surface area contributed by atoms with E-state index in [2.05, 4.69) is 5.32 Å².